The summed E-state index contributed by atoms with van der Waals surface area (Å²) in [6.45, 7) is -0.145. The van der Waals surface area contributed by atoms with E-state index >= 15 is 0 Å². The van der Waals surface area contributed by atoms with Gasteiger partial charge in [0.15, 0.2) is 5.75 Å². The molecular weight excluding hydrogens is 192 g/mol. The molecule has 13 heavy (non-hydrogen) atoms. The minimum absolute atomic E-state index is 0. The fraction of sp³-hybridized carbons (Fsp3) is 0.125. The topological polar surface area (TPSA) is 78.3 Å². The van der Waals surface area contributed by atoms with Crippen LogP contribution in [0.3, 0.4) is 0 Å². The maximum absolute atomic E-state index is 10.7. The number of carbonyl (C=O) groups is 1. The second-order valence-electron chi connectivity index (χ2n) is 2.22. The van der Waals surface area contributed by atoms with Crippen molar-refractivity contribution >= 4 is 24.1 Å². The SMILES string of the molecule is Cl.NCC(=O)Oc1ccccc1N. The zero-order valence-electron chi connectivity index (χ0n) is 6.90. The van der Waals surface area contributed by atoms with Crippen molar-refractivity contribution in [1.29, 1.82) is 0 Å². The maximum Gasteiger partial charge on any atom is 0.325 e. The molecular formula is C8H11ClN2O2. The molecule has 0 aliphatic rings. The minimum Gasteiger partial charge on any atom is -0.423 e. The van der Waals surface area contributed by atoms with Crippen LogP contribution in [0.2, 0.25) is 0 Å². The van der Waals surface area contributed by atoms with E-state index in [4.69, 9.17) is 16.2 Å². The van der Waals surface area contributed by atoms with Crippen LogP contribution < -0.4 is 16.2 Å². The molecule has 4 nitrogen and oxygen atoms in total. The van der Waals surface area contributed by atoms with Gasteiger partial charge in [0, 0.05) is 0 Å². The first-order chi connectivity index (χ1) is 5.74. The largest absolute Gasteiger partial charge is 0.423 e. The van der Waals surface area contributed by atoms with E-state index in [0.29, 0.717) is 11.4 Å². The normalized spacial score (nSPS) is 8.69. The lowest BCUT2D eigenvalue weighted by atomic mass is 10.3. The first kappa shape index (κ1) is 11.7. The van der Waals surface area contributed by atoms with Crippen LogP contribution in [-0.2, 0) is 4.79 Å². The quantitative estimate of drug-likeness (QED) is 0.417. The van der Waals surface area contributed by atoms with Gasteiger partial charge in [-0.05, 0) is 12.1 Å². The fourth-order valence-corrected chi connectivity index (χ4v) is 0.738. The molecule has 0 aliphatic carbocycles. The van der Waals surface area contributed by atoms with Crippen LogP contribution in [-0.4, -0.2) is 12.5 Å². The molecule has 0 unspecified atom stereocenters. The molecule has 0 heterocycles. The number of hydrogen-bond acceptors (Lipinski definition) is 4. The highest BCUT2D eigenvalue weighted by atomic mass is 35.5. The van der Waals surface area contributed by atoms with Crippen molar-refractivity contribution in [3.63, 3.8) is 0 Å². The van der Waals surface area contributed by atoms with Gasteiger partial charge in [-0.2, -0.15) is 0 Å². The highest BCUT2D eigenvalue weighted by Crippen LogP contribution is 2.19. The molecule has 0 saturated heterocycles. The first-order valence-electron chi connectivity index (χ1n) is 3.49. The van der Waals surface area contributed by atoms with Gasteiger partial charge >= 0.3 is 5.97 Å². The van der Waals surface area contributed by atoms with E-state index in [1.807, 2.05) is 0 Å². The lowest BCUT2D eigenvalue weighted by Crippen LogP contribution is -2.19. The molecule has 4 N–H and O–H groups in total. The van der Waals surface area contributed by atoms with Gasteiger partial charge in [0.2, 0.25) is 0 Å². The van der Waals surface area contributed by atoms with Crippen molar-refractivity contribution in [2.45, 2.75) is 0 Å². The van der Waals surface area contributed by atoms with Crippen LogP contribution in [0.1, 0.15) is 0 Å². The van der Waals surface area contributed by atoms with Crippen LogP contribution in [0, 0.1) is 0 Å². The number of hydrogen-bond donors (Lipinski definition) is 2. The van der Waals surface area contributed by atoms with E-state index in [1.165, 1.54) is 0 Å². The number of ether oxygens (including phenoxy) is 1. The number of rotatable bonds is 2. The van der Waals surface area contributed by atoms with Gasteiger partial charge in [-0.25, -0.2) is 0 Å². The number of nitrogen functional groups attached to an aromatic ring is 1. The van der Waals surface area contributed by atoms with Gasteiger partial charge in [0.1, 0.15) is 0 Å². The summed E-state index contributed by atoms with van der Waals surface area (Å²) in [5, 5.41) is 0. The molecule has 1 aromatic carbocycles. The molecule has 0 atom stereocenters. The highest BCUT2D eigenvalue weighted by Gasteiger charge is 2.03. The van der Waals surface area contributed by atoms with Gasteiger partial charge in [0.25, 0.3) is 0 Å². The number of carbonyl (C=O) groups excluding carboxylic acids is 1. The number of nitrogens with two attached hydrogens (primary N) is 2. The Morgan fingerprint density at radius 2 is 2.00 bits per heavy atom. The van der Waals surface area contributed by atoms with Crippen molar-refractivity contribution < 1.29 is 9.53 Å². The van der Waals surface area contributed by atoms with Gasteiger partial charge in [-0.3, -0.25) is 4.79 Å². The average Bonchev–Trinajstić information content (AvgIpc) is 2.09. The Balaban J connectivity index is 0.00000144. The Hall–Kier alpha value is -1.26. The Labute approximate surface area is 82.3 Å². The first-order valence-corrected chi connectivity index (χ1v) is 3.49. The predicted octanol–water partition coefficient (Wildman–Crippen LogP) is 0.555. The summed E-state index contributed by atoms with van der Waals surface area (Å²) in [7, 11) is 0. The smallest absolute Gasteiger partial charge is 0.325 e. The minimum atomic E-state index is -0.493. The van der Waals surface area contributed by atoms with Crippen molar-refractivity contribution in [2.24, 2.45) is 5.73 Å². The molecule has 72 valence electrons. The standard InChI is InChI=1S/C8H10N2O2.ClH/c9-5-8(11)12-7-4-2-1-3-6(7)10;/h1-4H,5,9-10H2;1H. The fourth-order valence-electron chi connectivity index (χ4n) is 0.738. The summed E-state index contributed by atoms with van der Waals surface area (Å²) >= 11 is 0. The van der Waals surface area contributed by atoms with Crippen LogP contribution in [0.4, 0.5) is 5.69 Å². The molecule has 0 amide bonds. The molecule has 1 aromatic rings. The lowest BCUT2D eigenvalue weighted by Gasteiger charge is -2.04. The predicted molar refractivity (Wildman–Crippen MR) is 52.8 cm³/mol. The van der Waals surface area contributed by atoms with Crippen molar-refractivity contribution in [2.75, 3.05) is 12.3 Å². The Bertz CT molecular complexity index is 291. The van der Waals surface area contributed by atoms with Crippen molar-refractivity contribution in [3.8, 4) is 5.75 Å². The number of benzene rings is 1. The van der Waals surface area contributed by atoms with Crippen molar-refractivity contribution in [3.05, 3.63) is 24.3 Å². The average molecular weight is 203 g/mol. The summed E-state index contributed by atoms with van der Waals surface area (Å²) in [6, 6.07) is 6.76. The van der Waals surface area contributed by atoms with E-state index in [9.17, 15) is 4.79 Å². The van der Waals surface area contributed by atoms with Gasteiger partial charge < -0.3 is 16.2 Å². The summed E-state index contributed by atoms with van der Waals surface area (Å²) < 4.78 is 4.81. The third-order valence-electron chi connectivity index (χ3n) is 1.31. The van der Waals surface area contributed by atoms with Gasteiger partial charge in [-0.15, -0.1) is 12.4 Å². The molecule has 0 fully saturated rings. The third kappa shape index (κ3) is 3.31. The van der Waals surface area contributed by atoms with E-state index in [2.05, 4.69) is 0 Å². The van der Waals surface area contributed by atoms with E-state index in [1.54, 1.807) is 24.3 Å². The molecule has 0 saturated carbocycles. The third-order valence-corrected chi connectivity index (χ3v) is 1.31. The Morgan fingerprint density at radius 1 is 1.38 bits per heavy atom. The van der Waals surface area contributed by atoms with Crippen LogP contribution in [0.15, 0.2) is 24.3 Å². The van der Waals surface area contributed by atoms with E-state index < -0.39 is 5.97 Å². The summed E-state index contributed by atoms with van der Waals surface area (Å²) in [6.07, 6.45) is 0. The Kier molecular flexibility index (Phi) is 4.87. The maximum atomic E-state index is 10.7. The number of halogens is 1. The molecule has 0 bridgehead atoms. The highest BCUT2D eigenvalue weighted by molar-refractivity contribution is 5.85. The number of esters is 1. The lowest BCUT2D eigenvalue weighted by molar-refractivity contribution is -0.132. The van der Waals surface area contributed by atoms with Crippen LogP contribution in [0.25, 0.3) is 0 Å². The van der Waals surface area contributed by atoms with Crippen LogP contribution >= 0.6 is 12.4 Å². The monoisotopic (exact) mass is 202 g/mol. The van der Waals surface area contributed by atoms with Gasteiger partial charge in [0.05, 0.1) is 12.2 Å². The second-order valence-corrected chi connectivity index (χ2v) is 2.22. The van der Waals surface area contributed by atoms with Gasteiger partial charge in [-0.1, -0.05) is 12.1 Å². The molecule has 0 radical (unpaired) electrons. The summed E-state index contributed by atoms with van der Waals surface area (Å²) in [5.74, 6) is -0.138. The number of para-hydroxylation sites is 2. The van der Waals surface area contributed by atoms with Crippen LogP contribution in [0.5, 0.6) is 5.75 Å². The zero-order chi connectivity index (χ0) is 8.97. The molecule has 0 aliphatic heterocycles. The summed E-state index contributed by atoms with van der Waals surface area (Å²) in [4.78, 5) is 10.7. The zero-order valence-corrected chi connectivity index (χ0v) is 7.71. The van der Waals surface area contributed by atoms with Crippen molar-refractivity contribution in [1.82, 2.24) is 0 Å². The molecule has 5 heteroatoms. The molecule has 1 rings (SSSR count). The molecule has 0 spiro atoms. The summed E-state index contributed by atoms with van der Waals surface area (Å²) in [5.41, 5.74) is 11.0. The molecule has 0 aromatic heterocycles. The Morgan fingerprint density at radius 3 is 2.54 bits per heavy atom. The van der Waals surface area contributed by atoms with E-state index in [-0.39, 0.29) is 19.0 Å². The second kappa shape index (κ2) is 5.40. The van der Waals surface area contributed by atoms with E-state index in [0.717, 1.165) is 0 Å². The number of anilines is 1.